The smallest absolute Gasteiger partial charge is 0.0483 e. The van der Waals surface area contributed by atoms with Crippen molar-refractivity contribution in [3.63, 3.8) is 0 Å². The topological polar surface area (TPSA) is 35.2 Å². The van der Waals surface area contributed by atoms with E-state index in [1.807, 2.05) is 0 Å². The molecule has 1 fully saturated rings. The van der Waals surface area contributed by atoms with Gasteiger partial charge in [-0.15, -0.1) is 0 Å². The second-order valence-corrected chi connectivity index (χ2v) is 5.82. The molecule has 0 heterocycles. The minimum atomic E-state index is 0.0777. The SMILES string of the molecule is CC(C)CCOCCC1(N)CCCCCC1. The van der Waals surface area contributed by atoms with E-state index in [0.29, 0.717) is 0 Å². The predicted octanol–water partition coefficient (Wildman–Crippen LogP) is 3.49. The highest BCUT2D eigenvalue weighted by atomic mass is 16.5. The molecule has 0 saturated heterocycles. The molecule has 0 spiro atoms. The number of hydrogen-bond donors (Lipinski definition) is 1. The number of ether oxygens (including phenoxy) is 1. The highest BCUT2D eigenvalue weighted by Crippen LogP contribution is 2.27. The summed E-state index contributed by atoms with van der Waals surface area (Å²) in [7, 11) is 0. The second-order valence-electron chi connectivity index (χ2n) is 5.82. The van der Waals surface area contributed by atoms with Crippen LogP contribution >= 0.6 is 0 Å². The molecule has 2 heteroatoms. The van der Waals surface area contributed by atoms with Crippen molar-refractivity contribution in [2.24, 2.45) is 11.7 Å². The van der Waals surface area contributed by atoms with E-state index < -0.39 is 0 Å². The molecule has 0 aliphatic heterocycles. The summed E-state index contributed by atoms with van der Waals surface area (Å²) in [6.45, 7) is 6.22. The molecule has 0 bridgehead atoms. The molecular weight excluding hydrogens is 198 g/mol. The Labute approximate surface area is 101 Å². The lowest BCUT2D eigenvalue weighted by atomic mass is 9.88. The fourth-order valence-electron chi connectivity index (χ4n) is 2.38. The zero-order valence-electron chi connectivity index (χ0n) is 11.1. The van der Waals surface area contributed by atoms with Crippen molar-refractivity contribution in [1.29, 1.82) is 0 Å². The Morgan fingerprint density at radius 2 is 1.69 bits per heavy atom. The lowest BCUT2D eigenvalue weighted by molar-refractivity contribution is 0.102. The molecular formula is C14H29NO. The Morgan fingerprint density at radius 3 is 2.25 bits per heavy atom. The van der Waals surface area contributed by atoms with Crippen molar-refractivity contribution in [3.05, 3.63) is 0 Å². The fourth-order valence-corrected chi connectivity index (χ4v) is 2.38. The first-order valence-electron chi connectivity index (χ1n) is 6.99. The van der Waals surface area contributed by atoms with Gasteiger partial charge < -0.3 is 10.5 Å². The van der Waals surface area contributed by atoms with E-state index in [1.165, 1.54) is 38.5 Å². The minimum Gasteiger partial charge on any atom is -0.381 e. The third-order valence-corrected chi connectivity index (χ3v) is 3.68. The van der Waals surface area contributed by atoms with Gasteiger partial charge >= 0.3 is 0 Å². The van der Waals surface area contributed by atoms with E-state index in [2.05, 4.69) is 13.8 Å². The molecule has 2 nitrogen and oxygen atoms in total. The van der Waals surface area contributed by atoms with Crippen molar-refractivity contribution >= 4 is 0 Å². The summed E-state index contributed by atoms with van der Waals surface area (Å²) < 4.78 is 5.67. The van der Waals surface area contributed by atoms with Crippen LogP contribution in [-0.2, 0) is 4.74 Å². The van der Waals surface area contributed by atoms with Crippen LogP contribution in [-0.4, -0.2) is 18.8 Å². The standard InChI is InChI=1S/C14H29NO/c1-13(2)7-11-16-12-10-14(15)8-5-3-4-6-9-14/h13H,3-12,15H2,1-2H3. The lowest BCUT2D eigenvalue weighted by Crippen LogP contribution is -2.40. The third kappa shape index (κ3) is 5.86. The molecule has 1 aliphatic carbocycles. The molecule has 0 amide bonds. The highest BCUT2D eigenvalue weighted by molar-refractivity contribution is 4.85. The summed E-state index contributed by atoms with van der Waals surface area (Å²) in [6, 6.07) is 0. The Kier molecular flexibility index (Phi) is 6.37. The normalized spacial score (nSPS) is 21.0. The zero-order chi connectivity index (χ0) is 11.9. The molecule has 0 radical (unpaired) electrons. The van der Waals surface area contributed by atoms with Crippen molar-refractivity contribution < 1.29 is 4.74 Å². The molecule has 0 aromatic carbocycles. The summed E-state index contributed by atoms with van der Waals surface area (Å²) in [5, 5.41) is 0. The monoisotopic (exact) mass is 227 g/mol. The van der Waals surface area contributed by atoms with Crippen molar-refractivity contribution in [2.75, 3.05) is 13.2 Å². The molecule has 16 heavy (non-hydrogen) atoms. The van der Waals surface area contributed by atoms with Crippen LogP contribution in [0.15, 0.2) is 0 Å². The first-order chi connectivity index (χ1) is 7.62. The van der Waals surface area contributed by atoms with Crippen LogP contribution in [0.25, 0.3) is 0 Å². The van der Waals surface area contributed by atoms with E-state index in [9.17, 15) is 0 Å². The molecule has 0 aromatic rings. The first-order valence-corrected chi connectivity index (χ1v) is 6.99. The van der Waals surface area contributed by atoms with Crippen LogP contribution < -0.4 is 5.73 Å². The van der Waals surface area contributed by atoms with Gasteiger partial charge in [0.25, 0.3) is 0 Å². The molecule has 1 aliphatic rings. The third-order valence-electron chi connectivity index (χ3n) is 3.68. The van der Waals surface area contributed by atoms with Crippen LogP contribution in [0, 0.1) is 5.92 Å². The van der Waals surface area contributed by atoms with Crippen molar-refractivity contribution in [1.82, 2.24) is 0 Å². The van der Waals surface area contributed by atoms with E-state index in [4.69, 9.17) is 10.5 Å². The molecule has 0 atom stereocenters. The molecule has 96 valence electrons. The molecule has 2 N–H and O–H groups in total. The van der Waals surface area contributed by atoms with E-state index in [0.717, 1.165) is 32.0 Å². The van der Waals surface area contributed by atoms with Crippen molar-refractivity contribution in [2.45, 2.75) is 70.8 Å². The second kappa shape index (κ2) is 7.29. The van der Waals surface area contributed by atoms with Gasteiger partial charge in [0.2, 0.25) is 0 Å². The van der Waals surface area contributed by atoms with Gasteiger partial charge in [-0.05, 0) is 31.6 Å². The van der Waals surface area contributed by atoms with Gasteiger partial charge in [-0.3, -0.25) is 0 Å². The number of rotatable bonds is 6. The number of nitrogens with two attached hydrogens (primary N) is 1. The quantitative estimate of drug-likeness (QED) is 0.557. The van der Waals surface area contributed by atoms with Crippen LogP contribution in [0.3, 0.4) is 0 Å². The summed E-state index contributed by atoms with van der Waals surface area (Å²) >= 11 is 0. The van der Waals surface area contributed by atoms with Gasteiger partial charge in [0.05, 0.1) is 0 Å². The Balaban J connectivity index is 2.10. The van der Waals surface area contributed by atoms with Crippen LogP contribution in [0.4, 0.5) is 0 Å². The Hall–Kier alpha value is -0.0800. The van der Waals surface area contributed by atoms with Gasteiger partial charge in [-0.1, -0.05) is 39.5 Å². The summed E-state index contributed by atoms with van der Waals surface area (Å²) in [4.78, 5) is 0. The Morgan fingerprint density at radius 1 is 1.06 bits per heavy atom. The minimum absolute atomic E-state index is 0.0777. The molecule has 0 unspecified atom stereocenters. The predicted molar refractivity (Wildman–Crippen MR) is 69.5 cm³/mol. The van der Waals surface area contributed by atoms with Gasteiger partial charge in [0.1, 0.15) is 0 Å². The fraction of sp³-hybridized carbons (Fsp3) is 1.00. The average molecular weight is 227 g/mol. The van der Waals surface area contributed by atoms with Gasteiger partial charge in [-0.25, -0.2) is 0 Å². The van der Waals surface area contributed by atoms with Gasteiger partial charge in [0, 0.05) is 18.8 Å². The maximum atomic E-state index is 6.42. The van der Waals surface area contributed by atoms with Gasteiger partial charge in [-0.2, -0.15) is 0 Å². The van der Waals surface area contributed by atoms with Crippen LogP contribution in [0.5, 0.6) is 0 Å². The molecule has 0 aromatic heterocycles. The summed E-state index contributed by atoms with van der Waals surface area (Å²) in [6.07, 6.45) is 9.95. The lowest BCUT2D eigenvalue weighted by Gasteiger charge is -2.27. The van der Waals surface area contributed by atoms with E-state index >= 15 is 0 Å². The number of hydrogen-bond acceptors (Lipinski definition) is 2. The Bertz CT molecular complexity index is 172. The summed E-state index contributed by atoms with van der Waals surface area (Å²) in [5.41, 5.74) is 6.50. The van der Waals surface area contributed by atoms with Crippen molar-refractivity contribution in [3.8, 4) is 0 Å². The largest absolute Gasteiger partial charge is 0.381 e. The first kappa shape index (κ1) is 14.0. The highest BCUT2D eigenvalue weighted by Gasteiger charge is 2.25. The maximum Gasteiger partial charge on any atom is 0.0483 e. The van der Waals surface area contributed by atoms with Gasteiger partial charge in [0.15, 0.2) is 0 Å². The van der Waals surface area contributed by atoms with Crippen LogP contribution in [0.2, 0.25) is 0 Å². The van der Waals surface area contributed by atoms with Crippen LogP contribution in [0.1, 0.15) is 65.2 Å². The maximum absolute atomic E-state index is 6.42. The average Bonchev–Trinajstić information content (AvgIpc) is 2.43. The molecule has 1 rings (SSSR count). The van der Waals surface area contributed by atoms with E-state index in [1.54, 1.807) is 0 Å². The zero-order valence-corrected chi connectivity index (χ0v) is 11.1. The summed E-state index contributed by atoms with van der Waals surface area (Å²) in [5.74, 6) is 0.740. The van der Waals surface area contributed by atoms with E-state index in [-0.39, 0.29) is 5.54 Å². The molecule has 1 saturated carbocycles.